The van der Waals surface area contributed by atoms with Crippen LogP contribution in [0.1, 0.15) is 24.5 Å². The number of halogens is 3. The van der Waals surface area contributed by atoms with Crippen LogP contribution in [-0.4, -0.2) is 31.8 Å². The highest BCUT2D eigenvalue weighted by Gasteiger charge is 2.24. The van der Waals surface area contributed by atoms with Crippen molar-refractivity contribution in [1.29, 1.82) is 0 Å². The summed E-state index contributed by atoms with van der Waals surface area (Å²) in [6.07, 6.45) is 2.17. The van der Waals surface area contributed by atoms with Crippen molar-refractivity contribution >= 4 is 83.8 Å². The number of anilines is 1. The van der Waals surface area contributed by atoms with Crippen molar-refractivity contribution in [3.63, 3.8) is 0 Å². The maximum Gasteiger partial charge on any atom is 0.412 e. The lowest BCUT2D eigenvalue weighted by Gasteiger charge is -2.11. The van der Waals surface area contributed by atoms with E-state index < -0.39 is 6.09 Å². The van der Waals surface area contributed by atoms with E-state index in [1.165, 1.54) is 0 Å². The molecule has 30 heavy (non-hydrogen) atoms. The van der Waals surface area contributed by atoms with Crippen LogP contribution in [0.5, 0.6) is 5.75 Å². The van der Waals surface area contributed by atoms with Gasteiger partial charge in [0.1, 0.15) is 0 Å². The van der Waals surface area contributed by atoms with Crippen molar-refractivity contribution in [2.24, 2.45) is 0 Å². The molecule has 0 atom stereocenters. The Morgan fingerprint density at radius 2 is 1.93 bits per heavy atom. The van der Waals surface area contributed by atoms with Gasteiger partial charge in [0, 0.05) is 33.5 Å². The predicted octanol–water partition coefficient (Wildman–Crippen LogP) is 5.82. The maximum absolute atomic E-state index is 12.4. The van der Waals surface area contributed by atoms with Gasteiger partial charge in [0.15, 0.2) is 5.75 Å². The highest BCUT2D eigenvalue weighted by molar-refractivity contribution is 14.1. The van der Waals surface area contributed by atoms with Gasteiger partial charge in [-0.05, 0) is 103 Å². The van der Waals surface area contributed by atoms with Crippen LogP contribution in [0, 0.1) is 3.57 Å². The minimum Gasteiger partial charge on any atom is -0.408 e. The highest BCUT2D eigenvalue weighted by atomic mass is 127. The molecule has 0 radical (unpaired) electrons. The molecule has 2 amide bonds. The molecule has 1 aliphatic heterocycles. The van der Waals surface area contributed by atoms with E-state index in [-0.39, 0.29) is 5.91 Å². The zero-order valence-corrected chi connectivity index (χ0v) is 21.4. The molecule has 1 aliphatic rings. The summed E-state index contributed by atoms with van der Waals surface area (Å²) >= 11 is 9.11. The Bertz CT molecular complexity index is 987. The fraction of sp³-hybridized carbons (Fsp3) is 0.238. The first-order valence-electron chi connectivity index (χ1n) is 9.24. The zero-order valence-electron chi connectivity index (χ0n) is 16.1. The molecule has 0 saturated heterocycles. The van der Waals surface area contributed by atoms with Gasteiger partial charge >= 0.3 is 6.09 Å². The zero-order chi connectivity index (χ0) is 21.7. The fourth-order valence-corrected chi connectivity index (χ4v) is 4.71. The minimum atomic E-state index is -0.568. The summed E-state index contributed by atoms with van der Waals surface area (Å²) in [6, 6.07) is 9.40. The first-order chi connectivity index (χ1) is 14.4. The average molecular weight is 650 g/mol. The lowest BCUT2D eigenvalue weighted by atomic mass is 10.0. The topological polar surface area (TPSA) is 76.7 Å². The molecule has 3 rings (SSSR count). The molecule has 0 fully saturated rings. The van der Waals surface area contributed by atoms with Gasteiger partial charge in [0.2, 0.25) is 0 Å². The third-order valence-electron chi connectivity index (χ3n) is 4.16. The number of nitrogens with one attached hydrogen (secondary N) is 2. The molecule has 0 unspecified atom stereocenters. The molecule has 0 aliphatic carbocycles. The van der Waals surface area contributed by atoms with E-state index in [0.29, 0.717) is 40.0 Å². The second-order valence-electron chi connectivity index (χ2n) is 6.44. The molecule has 2 aromatic carbocycles. The summed E-state index contributed by atoms with van der Waals surface area (Å²) in [5.41, 5.74) is 3.03. The van der Waals surface area contributed by atoms with Gasteiger partial charge in [-0.1, -0.05) is 6.92 Å². The summed E-state index contributed by atoms with van der Waals surface area (Å²) in [4.78, 5) is 24.4. The summed E-state index contributed by atoms with van der Waals surface area (Å²) < 4.78 is 12.9. The Morgan fingerprint density at radius 3 is 2.63 bits per heavy atom. The van der Waals surface area contributed by atoms with Gasteiger partial charge in [0.25, 0.3) is 5.91 Å². The van der Waals surface area contributed by atoms with Crippen LogP contribution in [-0.2, 0) is 9.53 Å². The Hall–Kier alpha value is -1.43. The smallest absolute Gasteiger partial charge is 0.408 e. The lowest BCUT2D eigenvalue weighted by Crippen LogP contribution is -2.30. The minimum absolute atomic E-state index is 0.149. The van der Waals surface area contributed by atoms with Crippen LogP contribution < -0.4 is 15.4 Å². The van der Waals surface area contributed by atoms with Crippen LogP contribution in [0.25, 0.3) is 11.6 Å². The quantitative estimate of drug-likeness (QED) is 0.225. The van der Waals surface area contributed by atoms with E-state index in [2.05, 4.69) is 65.1 Å². The molecular formula is C21H19Br2IN2O4. The summed E-state index contributed by atoms with van der Waals surface area (Å²) in [5, 5.41) is 5.52. The van der Waals surface area contributed by atoms with Crippen molar-refractivity contribution in [3.8, 4) is 5.75 Å². The Morgan fingerprint density at radius 1 is 1.20 bits per heavy atom. The van der Waals surface area contributed by atoms with Gasteiger partial charge in [-0.2, -0.15) is 0 Å². The van der Waals surface area contributed by atoms with Crippen molar-refractivity contribution in [1.82, 2.24) is 5.32 Å². The van der Waals surface area contributed by atoms with E-state index >= 15 is 0 Å². The van der Waals surface area contributed by atoms with E-state index in [4.69, 9.17) is 9.47 Å². The molecule has 2 N–H and O–H groups in total. The number of carbonyl (C=O) groups excluding carboxylic acids is 2. The molecule has 0 spiro atoms. The van der Waals surface area contributed by atoms with Crippen molar-refractivity contribution < 1.29 is 19.1 Å². The lowest BCUT2D eigenvalue weighted by molar-refractivity contribution is -0.110. The van der Waals surface area contributed by atoms with E-state index in [0.717, 1.165) is 26.8 Å². The van der Waals surface area contributed by atoms with Gasteiger partial charge in [-0.3, -0.25) is 4.79 Å². The number of ether oxygens (including phenoxy) is 2. The van der Waals surface area contributed by atoms with Crippen molar-refractivity contribution in [3.05, 3.63) is 54.0 Å². The third-order valence-corrected chi connectivity index (χ3v) is 6.00. The van der Waals surface area contributed by atoms with Crippen LogP contribution in [0.15, 0.2) is 39.3 Å². The number of rotatable bonds is 7. The third kappa shape index (κ3) is 5.83. The van der Waals surface area contributed by atoms with E-state index in [9.17, 15) is 9.59 Å². The number of carbonyl (C=O) groups is 2. The van der Waals surface area contributed by atoms with Crippen molar-refractivity contribution in [2.75, 3.05) is 25.1 Å². The number of benzene rings is 2. The summed E-state index contributed by atoms with van der Waals surface area (Å²) in [6.45, 7) is 3.48. The van der Waals surface area contributed by atoms with E-state index in [1.807, 2.05) is 31.2 Å². The Kier molecular flexibility index (Phi) is 8.32. The monoisotopic (exact) mass is 648 g/mol. The summed E-state index contributed by atoms with van der Waals surface area (Å²) in [7, 11) is 0. The molecule has 158 valence electrons. The number of hydrogen-bond donors (Lipinski definition) is 2. The number of fused-ring (bicyclic) bond motifs is 1. The molecule has 0 aromatic heterocycles. The summed E-state index contributed by atoms with van der Waals surface area (Å²) in [5.74, 6) is 0.208. The maximum atomic E-state index is 12.4. The van der Waals surface area contributed by atoms with Gasteiger partial charge in [0.05, 0.1) is 15.6 Å². The number of amides is 2. The average Bonchev–Trinajstić information content (AvgIpc) is 2.99. The fourth-order valence-electron chi connectivity index (χ4n) is 2.83. The second-order valence-corrected chi connectivity index (χ2v) is 9.40. The molecule has 6 nitrogen and oxygen atoms in total. The molecule has 2 aromatic rings. The van der Waals surface area contributed by atoms with Gasteiger partial charge in [-0.25, -0.2) is 4.79 Å². The first-order valence-corrected chi connectivity index (χ1v) is 11.9. The molecule has 1 heterocycles. The second kappa shape index (κ2) is 10.7. The molecule has 0 saturated carbocycles. The molecule has 0 bridgehead atoms. The van der Waals surface area contributed by atoms with E-state index in [1.54, 1.807) is 12.1 Å². The number of hydrogen-bond acceptors (Lipinski definition) is 4. The molecule has 9 heteroatoms. The normalized spacial score (nSPS) is 13.9. The SMILES string of the molecule is CCCOCCNC(=O)Oc1c(Br)cc(C=C2C(=O)Nc3ccc(I)cc32)cc1Br. The van der Waals surface area contributed by atoms with Gasteiger partial charge in [-0.15, -0.1) is 0 Å². The van der Waals surface area contributed by atoms with Crippen LogP contribution in [0.3, 0.4) is 0 Å². The van der Waals surface area contributed by atoms with Crippen LogP contribution in [0.4, 0.5) is 10.5 Å². The van der Waals surface area contributed by atoms with Crippen molar-refractivity contribution in [2.45, 2.75) is 13.3 Å². The first kappa shape index (κ1) is 23.2. The standard InChI is InChI=1S/C21H19Br2IN2O4/c1-2-6-29-7-5-25-21(28)30-19-16(22)9-12(10-17(19)23)8-15-14-11-13(24)3-4-18(14)26-20(15)27/h3-4,8-11H,2,5-7H2,1H3,(H,25,28)(H,26,27). The largest absolute Gasteiger partial charge is 0.412 e. The molecular weight excluding hydrogens is 631 g/mol. The highest BCUT2D eigenvalue weighted by Crippen LogP contribution is 2.38. The van der Waals surface area contributed by atoms with Crippen LogP contribution in [0.2, 0.25) is 0 Å². The Labute approximate surface area is 205 Å². The Balaban J connectivity index is 1.74. The van der Waals surface area contributed by atoms with Gasteiger partial charge < -0.3 is 20.1 Å². The predicted molar refractivity (Wildman–Crippen MR) is 133 cm³/mol. The van der Waals surface area contributed by atoms with Crippen LogP contribution >= 0.6 is 54.5 Å².